The smallest absolute Gasteiger partial charge is 0.236 e. The van der Waals surface area contributed by atoms with Gasteiger partial charge in [0.05, 0.1) is 33.4 Å². The van der Waals surface area contributed by atoms with Crippen molar-refractivity contribution in [3.8, 4) is 22.9 Å². The molecule has 4 aromatic heterocycles. The van der Waals surface area contributed by atoms with Crippen LogP contribution in [0.3, 0.4) is 0 Å². The minimum atomic E-state index is 0.682. The molecule has 0 fully saturated rings. The number of rotatable bonds is 3. The van der Waals surface area contributed by atoms with E-state index in [1.54, 1.807) is 11.3 Å². The normalized spacial score (nSPS) is 12.1. The molecule has 4 nitrogen and oxygen atoms in total. The van der Waals surface area contributed by atoms with Gasteiger partial charge in [0.2, 0.25) is 5.95 Å². The van der Waals surface area contributed by atoms with Gasteiger partial charge in [-0.3, -0.25) is 4.57 Å². The van der Waals surface area contributed by atoms with E-state index < -0.39 is 0 Å². The molecule has 0 unspecified atom stereocenters. The number of nitrogens with zero attached hydrogens (tertiary/aromatic N) is 4. The van der Waals surface area contributed by atoms with Gasteiger partial charge in [0.25, 0.3) is 0 Å². The topological polar surface area (TPSA) is 35.6 Å². The van der Waals surface area contributed by atoms with Crippen LogP contribution >= 0.6 is 11.3 Å². The molecule has 4 heterocycles. The first-order valence-corrected chi connectivity index (χ1v) is 17.3. The maximum absolute atomic E-state index is 5.42. The van der Waals surface area contributed by atoms with Gasteiger partial charge in [0, 0.05) is 48.0 Å². The fraction of sp³-hybridized carbons (Fsp3) is 0. The molecule has 228 valence electrons. The highest BCUT2D eigenvalue weighted by molar-refractivity contribution is 7.25. The summed E-state index contributed by atoms with van der Waals surface area (Å²) in [6, 6.07) is 56.4. The zero-order chi connectivity index (χ0) is 32.1. The van der Waals surface area contributed by atoms with Crippen molar-refractivity contribution in [2.24, 2.45) is 0 Å². The summed E-state index contributed by atoms with van der Waals surface area (Å²) in [5.41, 5.74) is 7.77. The van der Waals surface area contributed by atoms with Crippen molar-refractivity contribution in [2.75, 3.05) is 0 Å². The Morgan fingerprint density at radius 3 is 1.78 bits per heavy atom. The highest BCUT2D eigenvalue weighted by Gasteiger charge is 2.23. The van der Waals surface area contributed by atoms with Crippen LogP contribution in [0.5, 0.6) is 0 Å². The molecule has 0 aliphatic heterocycles. The van der Waals surface area contributed by atoms with Gasteiger partial charge < -0.3 is 4.57 Å². The van der Waals surface area contributed by atoms with Crippen LogP contribution in [0.2, 0.25) is 0 Å². The van der Waals surface area contributed by atoms with Gasteiger partial charge in [0.1, 0.15) is 4.83 Å². The van der Waals surface area contributed by atoms with Crippen LogP contribution in [-0.4, -0.2) is 19.1 Å². The summed E-state index contributed by atoms with van der Waals surface area (Å²) in [4.78, 5) is 11.7. The third-order valence-electron chi connectivity index (χ3n) is 9.95. The average molecular weight is 643 g/mol. The summed E-state index contributed by atoms with van der Waals surface area (Å²) in [5.74, 6) is 0.682. The molecule has 11 aromatic rings. The Morgan fingerprint density at radius 2 is 1.00 bits per heavy atom. The van der Waals surface area contributed by atoms with Crippen LogP contribution in [-0.2, 0) is 0 Å². The third kappa shape index (κ3) is 3.73. The summed E-state index contributed by atoms with van der Waals surface area (Å²) in [6.45, 7) is 0. The molecule has 0 spiro atoms. The van der Waals surface area contributed by atoms with E-state index >= 15 is 0 Å². The quantitative estimate of drug-likeness (QED) is 0.192. The zero-order valence-corrected chi connectivity index (χ0v) is 27.0. The van der Waals surface area contributed by atoms with Gasteiger partial charge in [-0.15, -0.1) is 11.3 Å². The predicted molar refractivity (Wildman–Crippen MR) is 207 cm³/mol. The Hall–Kier alpha value is -6.30. The van der Waals surface area contributed by atoms with Crippen molar-refractivity contribution >= 4 is 86.0 Å². The van der Waals surface area contributed by atoms with E-state index in [2.05, 4.69) is 167 Å². The lowest BCUT2D eigenvalue weighted by Gasteiger charge is -2.12. The van der Waals surface area contributed by atoms with Crippen LogP contribution in [0.15, 0.2) is 158 Å². The van der Waals surface area contributed by atoms with Crippen molar-refractivity contribution in [3.63, 3.8) is 0 Å². The van der Waals surface area contributed by atoms with Gasteiger partial charge in [-0.25, -0.2) is 9.97 Å². The average Bonchev–Trinajstić information content (AvgIpc) is 3.82. The SMILES string of the molecule is c1ccc(-c2nc(-n3c4ccccc4c4c5c6ccccc6n(-c6cccc7ccccc67)c5ccc43)nc3sc4ccccc4c23)cc1. The summed E-state index contributed by atoms with van der Waals surface area (Å²) < 4.78 is 5.92. The summed E-state index contributed by atoms with van der Waals surface area (Å²) in [5, 5.41) is 9.62. The highest BCUT2D eigenvalue weighted by Crippen LogP contribution is 2.44. The largest absolute Gasteiger partial charge is 0.309 e. The molecule has 0 aliphatic rings. The van der Waals surface area contributed by atoms with Crippen LogP contribution in [0.4, 0.5) is 0 Å². The number of fused-ring (bicyclic) bond motifs is 11. The molecule has 0 bridgehead atoms. The second-order valence-corrected chi connectivity index (χ2v) is 13.6. The van der Waals surface area contributed by atoms with Crippen LogP contribution < -0.4 is 0 Å². The number of para-hydroxylation sites is 2. The van der Waals surface area contributed by atoms with Crippen LogP contribution in [0.1, 0.15) is 0 Å². The number of hydrogen-bond acceptors (Lipinski definition) is 3. The Labute approximate surface area is 284 Å². The molecule has 0 aliphatic carbocycles. The number of hydrogen-bond donors (Lipinski definition) is 0. The first-order valence-electron chi connectivity index (χ1n) is 16.5. The molecule has 0 amide bonds. The highest BCUT2D eigenvalue weighted by atomic mass is 32.1. The standard InChI is InChI=1S/C44H26N4S/c1-2-14-28(15-3-1)42-41-32-20-8-11-24-38(32)49-43(41)46-44(45-42)48-35-22-10-7-19-31(35)40-37(48)26-25-36-39(40)30-18-6-9-21-34(30)47(36)33-23-12-16-27-13-4-5-17-29(27)33/h1-26H. The molecule has 5 heteroatoms. The van der Waals surface area contributed by atoms with Gasteiger partial charge >= 0.3 is 0 Å². The maximum atomic E-state index is 5.42. The van der Waals surface area contributed by atoms with E-state index in [9.17, 15) is 0 Å². The zero-order valence-electron chi connectivity index (χ0n) is 26.2. The summed E-state index contributed by atoms with van der Waals surface area (Å²) in [7, 11) is 0. The van der Waals surface area contributed by atoms with Crippen molar-refractivity contribution in [1.29, 1.82) is 0 Å². The van der Waals surface area contributed by atoms with Crippen LogP contribution in [0.25, 0.3) is 97.6 Å². The Morgan fingerprint density at radius 1 is 0.408 bits per heavy atom. The molecule has 0 atom stereocenters. The summed E-state index contributed by atoms with van der Waals surface area (Å²) in [6.07, 6.45) is 0. The van der Waals surface area contributed by atoms with E-state index in [4.69, 9.17) is 9.97 Å². The monoisotopic (exact) mass is 642 g/mol. The second-order valence-electron chi connectivity index (χ2n) is 12.6. The van der Waals surface area contributed by atoms with E-state index in [1.165, 1.54) is 59.1 Å². The molecular weight excluding hydrogens is 617 g/mol. The fourth-order valence-electron chi connectivity index (χ4n) is 7.91. The van der Waals surface area contributed by atoms with Gasteiger partial charge in [0.15, 0.2) is 0 Å². The predicted octanol–water partition coefficient (Wildman–Crippen LogP) is 11.9. The lowest BCUT2D eigenvalue weighted by atomic mass is 10.1. The van der Waals surface area contributed by atoms with Crippen molar-refractivity contribution in [2.45, 2.75) is 0 Å². The molecule has 7 aromatic carbocycles. The van der Waals surface area contributed by atoms with E-state index in [1.807, 2.05) is 0 Å². The molecule has 49 heavy (non-hydrogen) atoms. The Bertz CT molecular complexity index is 3110. The molecule has 0 N–H and O–H groups in total. The third-order valence-corrected chi connectivity index (χ3v) is 11.0. The van der Waals surface area contributed by atoms with E-state index in [0.29, 0.717) is 5.95 Å². The Balaban J connectivity index is 1.28. The van der Waals surface area contributed by atoms with Gasteiger partial charge in [-0.05, 0) is 41.8 Å². The number of benzene rings is 7. The lowest BCUT2D eigenvalue weighted by Crippen LogP contribution is -2.02. The number of thiophene rings is 1. The first-order chi connectivity index (χ1) is 24.3. The lowest BCUT2D eigenvalue weighted by molar-refractivity contribution is 1.02. The minimum Gasteiger partial charge on any atom is -0.309 e. The van der Waals surface area contributed by atoms with E-state index in [-0.39, 0.29) is 0 Å². The van der Waals surface area contributed by atoms with Crippen molar-refractivity contribution < 1.29 is 0 Å². The molecule has 11 rings (SSSR count). The molecule has 0 radical (unpaired) electrons. The second kappa shape index (κ2) is 10.1. The number of aromatic nitrogens is 4. The summed E-state index contributed by atoms with van der Waals surface area (Å²) >= 11 is 1.73. The van der Waals surface area contributed by atoms with Gasteiger partial charge in [-0.1, -0.05) is 121 Å². The van der Waals surface area contributed by atoms with Gasteiger partial charge in [-0.2, -0.15) is 0 Å². The van der Waals surface area contributed by atoms with Crippen molar-refractivity contribution in [1.82, 2.24) is 19.1 Å². The Kier molecular flexibility index (Phi) is 5.51. The minimum absolute atomic E-state index is 0.682. The molecular formula is C44H26N4S. The van der Waals surface area contributed by atoms with Crippen molar-refractivity contribution in [3.05, 3.63) is 158 Å². The fourth-order valence-corrected chi connectivity index (χ4v) is 8.98. The molecule has 0 saturated carbocycles. The maximum Gasteiger partial charge on any atom is 0.236 e. The van der Waals surface area contributed by atoms with Crippen LogP contribution in [0, 0.1) is 0 Å². The first kappa shape index (κ1) is 26.7. The molecule has 0 saturated heterocycles. The van der Waals surface area contributed by atoms with E-state index in [0.717, 1.165) is 32.5 Å².